The molecule has 1 saturated carbocycles. The first-order valence-corrected chi connectivity index (χ1v) is 10.3. The van der Waals surface area contributed by atoms with Gasteiger partial charge in [0, 0.05) is 17.1 Å². The third kappa shape index (κ3) is 3.78. The van der Waals surface area contributed by atoms with E-state index in [0.29, 0.717) is 24.8 Å². The van der Waals surface area contributed by atoms with Crippen molar-refractivity contribution in [2.24, 2.45) is 5.92 Å². The molecule has 1 aliphatic heterocycles. The molecule has 4 rings (SSSR count). The number of benzene rings is 2. The number of allylic oxidation sites excluding steroid dienone is 1. The molecule has 0 bridgehead atoms. The molecule has 2 nitrogen and oxygen atoms in total. The number of rotatable bonds is 3. The van der Waals surface area contributed by atoms with Gasteiger partial charge in [-0.25, -0.2) is 0 Å². The fraction of sp³-hybridized carbons (Fsp3) is 0.348. The highest BCUT2D eigenvalue weighted by atomic mass is 79.9. The molecule has 0 saturated heterocycles. The van der Waals surface area contributed by atoms with Gasteiger partial charge < -0.3 is 4.90 Å². The Morgan fingerprint density at radius 3 is 2.50 bits per heavy atom. The van der Waals surface area contributed by atoms with Crippen molar-refractivity contribution in [3.8, 4) is 0 Å². The van der Waals surface area contributed by atoms with Gasteiger partial charge in [0.1, 0.15) is 0 Å². The largest absolute Gasteiger partial charge is 0.315 e. The SMILES string of the molecule is O=C1C[C@@H](c2ccc(Br)cc2)[C@@H]2CCCCC2=CN1Cc1ccccc1. The first-order valence-electron chi connectivity index (χ1n) is 9.50. The van der Waals surface area contributed by atoms with Crippen LogP contribution in [0.2, 0.25) is 0 Å². The minimum atomic E-state index is 0.240. The van der Waals surface area contributed by atoms with Crippen LogP contribution in [-0.4, -0.2) is 10.8 Å². The number of fused-ring (bicyclic) bond motifs is 1. The number of nitrogens with zero attached hydrogens (tertiary/aromatic N) is 1. The average molecular weight is 410 g/mol. The van der Waals surface area contributed by atoms with Gasteiger partial charge in [-0.1, -0.05) is 70.4 Å². The van der Waals surface area contributed by atoms with Gasteiger partial charge in [-0.2, -0.15) is 0 Å². The van der Waals surface area contributed by atoms with E-state index in [1.165, 1.54) is 36.0 Å². The molecule has 1 fully saturated rings. The minimum absolute atomic E-state index is 0.240. The molecule has 0 aromatic heterocycles. The molecule has 134 valence electrons. The number of carbonyl (C=O) groups is 1. The van der Waals surface area contributed by atoms with Crippen LogP contribution in [0.4, 0.5) is 0 Å². The molecule has 2 aromatic carbocycles. The Kier molecular flexibility index (Phi) is 5.26. The second-order valence-corrected chi connectivity index (χ2v) is 8.34. The normalized spacial score (nSPS) is 23.2. The summed E-state index contributed by atoms with van der Waals surface area (Å²) in [4.78, 5) is 15.0. The zero-order valence-electron chi connectivity index (χ0n) is 14.9. The summed E-state index contributed by atoms with van der Waals surface area (Å²) in [5, 5.41) is 0. The van der Waals surface area contributed by atoms with Crippen molar-refractivity contribution in [3.05, 3.63) is 82.0 Å². The zero-order valence-corrected chi connectivity index (χ0v) is 16.5. The number of amides is 1. The van der Waals surface area contributed by atoms with E-state index < -0.39 is 0 Å². The predicted octanol–water partition coefficient (Wildman–Crippen LogP) is 6.04. The van der Waals surface area contributed by atoms with Crippen molar-refractivity contribution >= 4 is 21.8 Å². The van der Waals surface area contributed by atoms with Crippen LogP contribution in [0.25, 0.3) is 0 Å². The summed E-state index contributed by atoms with van der Waals surface area (Å²) in [5.41, 5.74) is 3.94. The smallest absolute Gasteiger partial charge is 0.227 e. The lowest BCUT2D eigenvalue weighted by Crippen LogP contribution is -2.25. The molecule has 1 aliphatic carbocycles. The maximum Gasteiger partial charge on any atom is 0.227 e. The van der Waals surface area contributed by atoms with Gasteiger partial charge in [0.2, 0.25) is 5.91 Å². The minimum Gasteiger partial charge on any atom is -0.315 e. The van der Waals surface area contributed by atoms with Gasteiger partial charge in [-0.15, -0.1) is 0 Å². The number of carbonyl (C=O) groups excluding carboxylic acids is 1. The third-order valence-corrected chi connectivity index (χ3v) is 6.25. The van der Waals surface area contributed by atoms with E-state index in [1.54, 1.807) is 0 Å². The molecule has 26 heavy (non-hydrogen) atoms. The highest BCUT2D eigenvalue weighted by molar-refractivity contribution is 9.10. The maximum atomic E-state index is 13.1. The summed E-state index contributed by atoms with van der Waals surface area (Å²) in [5.74, 6) is 1.03. The second kappa shape index (κ2) is 7.79. The summed E-state index contributed by atoms with van der Waals surface area (Å²) < 4.78 is 1.09. The van der Waals surface area contributed by atoms with Crippen molar-refractivity contribution in [1.82, 2.24) is 4.90 Å². The van der Waals surface area contributed by atoms with Crippen LogP contribution in [0, 0.1) is 5.92 Å². The van der Waals surface area contributed by atoms with Crippen LogP contribution in [0.3, 0.4) is 0 Å². The monoisotopic (exact) mass is 409 g/mol. The molecule has 3 heteroatoms. The van der Waals surface area contributed by atoms with Crippen LogP contribution < -0.4 is 0 Å². The Hall–Kier alpha value is -1.87. The Morgan fingerprint density at radius 1 is 0.962 bits per heavy atom. The van der Waals surface area contributed by atoms with E-state index >= 15 is 0 Å². The fourth-order valence-electron chi connectivity index (χ4n) is 4.38. The van der Waals surface area contributed by atoms with Gasteiger partial charge in [0.25, 0.3) is 0 Å². The van der Waals surface area contributed by atoms with Gasteiger partial charge >= 0.3 is 0 Å². The Balaban J connectivity index is 1.65. The topological polar surface area (TPSA) is 20.3 Å². The summed E-state index contributed by atoms with van der Waals surface area (Å²) >= 11 is 3.53. The predicted molar refractivity (Wildman–Crippen MR) is 109 cm³/mol. The Morgan fingerprint density at radius 2 is 1.73 bits per heavy atom. The van der Waals surface area contributed by atoms with Crippen LogP contribution in [0.5, 0.6) is 0 Å². The molecule has 0 radical (unpaired) electrons. The van der Waals surface area contributed by atoms with Gasteiger partial charge in [0.05, 0.1) is 6.54 Å². The van der Waals surface area contributed by atoms with E-state index in [9.17, 15) is 4.79 Å². The lowest BCUT2D eigenvalue weighted by Gasteiger charge is -2.31. The fourth-order valence-corrected chi connectivity index (χ4v) is 4.64. The van der Waals surface area contributed by atoms with Crippen molar-refractivity contribution in [2.75, 3.05) is 0 Å². The number of hydrogen-bond acceptors (Lipinski definition) is 1. The van der Waals surface area contributed by atoms with Crippen LogP contribution >= 0.6 is 15.9 Å². The molecule has 2 aliphatic rings. The van der Waals surface area contributed by atoms with Crippen molar-refractivity contribution in [3.63, 3.8) is 0 Å². The lowest BCUT2D eigenvalue weighted by atomic mass is 9.73. The molecular formula is C23H24BrNO. The first-order chi connectivity index (χ1) is 12.7. The van der Waals surface area contributed by atoms with Crippen LogP contribution in [0.1, 0.15) is 49.1 Å². The van der Waals surface area contributed by atoms with Crippen molar-refractivity contribution in [1.29, 1.82) is 0 Å². The average Bonchev–Trinajstić information content (AvgIpc) is 2.80. The summed E-state index contributed by atoms with van der Waals surface area (Å²) in [7, 11) is 0. The molecular weight excluding hydrogens is 386 g/mol. The van der Waals surface area contributed by atoms with E-state index in [0.717, 1.165) is 10.9 Å². The van der Waals surface area contributed by atoms with E-state index in [-0.39, 0.29) is 5.91 Å². The highest BCUT2D eigenvalue weighted by Crippen LogP contribution is 2.44. The molecule has 2 aromatic rings. The Labute approximate surface area is 164 Å². The number of halogens is 1. The molecule has 1 heterocycles. The highest BCUT2D eigenvalue weighted by Gasteiger charge is 2.34. The zero-order chi connectivity index (χ0) is 17.9. The molecule has 1 amide bonds. The molecule has 0 N–H and O–H groups in total. The standard InChI is InChI=1S/C23H24BrNO/c24-20-12-10-18(11-13-20)22-14-23(26)25(15-17-6-2-1-3-7-17)16-19-8-4-5-9-21(19)22/h1-3,6-7,10-13,16,21-22H,4-5,8-9,14-15H2/t21-,22+/m1/s1. The number of hydrogen-bond donors (Lipinski definition) is 0. The van der Waals surface area contributed by atoms with E-state index in [4.69, 9.17) is 0 Å². The van der Waals surface area contributed by atoms with E-state index in [2.05, 4.69) is 58.5 Å². The van der Waals surface area contributed by atoms with Crippen LogP contribution in [-0.2, 0) is 11.3 Å². The van der Waals surface area contributed by atoms with Gasteiger partial charge in [0.15, 0.2) is 0 Å². The summed E-state index contributed by atoms with van der Waals surface area (Å²) in [6, 6.07) is 18.9. The van der Waals surface area contributed by atoms with Crippen LogP contribution in [0.15, 0.2) is 70.8 Å². The molecule has 0 spiro atoms. The molecule has 2 atom stereocenters. The molecule has 0 unspecified atom stereocenters. The lowest BCUT2D eigenvalue weighted by molar-refractivity contribution is -0.129. The van der Waals surface area contributed by atoms with Crippen molar-refractivity contribution in [2.45, 2.75) is 44.6 Å². The summed E-state index contributed by atoms with van der Waals surface area (Å²) in [6.07, 6.45) is 7.59. The van der Waals surface area contributed by atoms with E-state index in [1.807, 2.05) is 23.1 Å². The maximum absolute atomic E-state index is 13.1. The Bertz CT molecular complexity index is 797. The first kappa shape index (κ1) is 17.5. The third-order valence-electron chi connectivity index (χ3n) is 5.72. The van der Waals surface area contributed by atoms with Crippen molar-refractivity contribution < 1.29 is 4.79 Å². The summed E-state index contributed by atoms with van der Waals surface area (Å²) in [6.45, 7) is 0.670. The van der Waals surface area contributed by atoms with Gasteiger partial charge in [-0.3, -0.25) is 4.79 Å². The quantitative estimate of drug-likeness (QED) is 0.604. The second-order valence-electron chi connectivity index (χ2n) is 7.43. The van der Waals surface area contributed by atoms with Gasteiger partial charge in [-0.05, 0) is 54.4 Å².